The predicted molar refractivity (Wildman–Crippen MR) is 93.4 cm³/mol. The van der Waals surface area contributed by atoms with E-state index in [1.165, 1.54) is 0 Å². The van der Waals surface area contributed by atoms with Crippen LogP contribution < -0.4 is 9.64 Å². The standard InChI is InChI=1S/C19H18ClNO3/c20-15-4-1-3-14(13-15)6-11-19(23)24-17-9-7-16(8-10-17)21-12-2-5-18(21)22/h1,3-4,7-10,13H,2,5-6,11-12H2. The molecule has 0 spiro atoms. The second kappa shape index (κ2) is 7.49. The molecule has 0 bridgehead atoms. The Hall–Kier alpha value is -2.33. The summed E-state index contributed by atoms with van der Waals surface area (Å²) in [7, 11) is 0. The van der Waals surface area contributed by atoms with Crippen LogP contribution in [0, 0.1) is 0 Å². The Morgan fingerprint density at radius 1 is 1.17 bits per heavy atom. The summed E-state index contributed by atoms with van der Waals surface area (Å²) in [6, 6.07) is 14.5. The minimum absolute atomic E-state index is 0.140. The van der Waals surface area contributed by atoms with Crippen molar-refractivity contribution in [3.63, 3.8) is 0 Å². The third kappa shape index (κ3) is 4.15. The van der Waals surface area contributed by atoms with Crippen molar-refractivity contribution in [3.05, 3.63) is 59.1 Å². The van der Waals surface area contributed by atoms with Gasteiger partial charge < -0.3 is 9.64 Å². The van der Waals surface area contributed by atoms with Crippen LogP contribution >= 0.6 is 11.6 Å². The van der Waals surface area contributed by atoms with Crippen molar-refractivity contribution < 1.29 is 14.3 Å². The van der Waals surface area contributed by atoms with Crippen molar-refractivity contribution in [3.8, 4) is 5.75 Å². The summed E-state index contributed by atoms with van der Waals surface area (Å²) in [6.07, 6.45) is 2.35. The van der Waals surface area contributed by atoms with E-state index in [0.29, 0.717) is 23.6 Å². The first-order valence-corrected chi connectivity index (χ1v) is 8.35. The lowest BCUT2D eigenvalue weighted by Crippen LogP contribution is -2.23. The van der Waals surface area contributed by atoms with Gasteiger partial charge in [-0.1, -0.05) is 23.7 Å². The molecule has 0 aromatic heterocycles. The summed E-state index contributed by atoms with van der Waals surface area (Å²) in [5.74, 6) is 0.336. The molecular weight excluding hydrogens is 326 g/mol. The molecule has 2 aromatic carbocycles. The molecule has 0 unspecified atom stereocenters. The first-order chi connectivity index (χ1) is 11.6. The molecular formula is C19H18ClNO3. The van der Waals surface area contributed by atoms with Crippen LogP contribution in [0.5, 0.6) is 5.75 Å². The highest BCUT2D eigenvalue weighted by Crippen LogP contribution is 2.24. The van der Waals surface area contributed by atoms with Crippen LogP contribution in [0.25, 0.3) is 0 Å². The van der Waals surface area contributed by atoms with Gasteiger partial charge in [-0.15, -0.1) is 0 Å². The molecule has 0 aliphatic carbocycles. The van der Waals surface area contributed by atoms with Gasteiger partial charge in [-0.25, -0.2) is 0 Å². The van der Waals surface area contributed by atoms with E-state index in [9.17, 15) is 9.59 Å². The lowest BCUT2D eigenvalue weighted by Gasteiger charge is -2.15. The number of rotatable bonds is 5. The summed E-state index contributed by atoms with van der Waals surface area (Å²) >= 11 is 5.92. The van der Waals surface area contributed by atoms with Crippen LogP contribution in [-0.2, 0) is 16.0 Å². The second-order valence-corrected chi connectivity index (χ2v) is 6.18. The number of halogens is 1. The Balaban J connectivity index is 1.53. The number of aryl methyl sites for hydroxylation is 1. The quantitative estimate of drug-likeness (QED) is 0.609. The van der Waals surface area contributed by atoms with Gasteiger partial charge in [0.2, 0.25) is 5.91 Å². The number of amides is 1. The van der Waals surface area contributed by atoms with Gasteiger partial charge in [0.25, 0.3) is 0 Å². The van der Waals surface area contributed by atoms with Gasteiger partial charge in [-0.3, -0.25) is 9.59 Å². The van der Waals surface area contributed by atoms with Gasteiger partial charge in [0, 0.05) is 30.1 Å². The van der Waals surface area contributed by atoms with Crippen LogP contribution in [0.1, 0.15) is 24.8 Å². The van der Waals surface area contributed by atoms with E-state index in [0.717, 1.165) is 24.2 Å². The molecule has 0 saturated carbocycles. The molecule has 1 saturated heterocycles. The zero-order chi connectivity index (χ0) is 16.9. The highest BCUT2D eigenvalue weighted by atomic mass is 35.5. The smallest absolute Gasteiger partial charge is 0.311 e. The highest BCUT2D eigenvalue weighted by Gasteiger charge is 2.21. The average Bonchev–Trinajstić information content (AvgIpc) is 3.00. The largest absolute Gasteiger partial charge is 0.427 e. The highest BCUT2D eigenvalue weighted by molar-refractivity contribution is 6.30. The third-order valence-electron chi connectivity index (χ3n) is 3.96. The summed E-state index contributed by atoms with van der Waals surface area (Å²) in [6.45, 7) is 0.748. The minimum Gasteiger partial charge on any atom is -0.427 e. The van der Waals surface area contributed by atoms with Gasteiger partial charge in [0.05, 0.1) is 0 Å². The molecule has 1 heterocycles. The normalized spacial score (nSPS) is 14.0. The summed E-state index contributed by atoms with van der Waals surface area (Å²) in [5.41, 5.74) is 1.85. The molecule has 5 heteroatoms. The van der Waals surface area contributed by atoms with Crippen molar-refractivity contribution in [2.45, 2.75) is 25.7 Å². The minimum atomic E-state index is -0.292. The van der Waals surface area contributed by atoms with E-state index in [4.69, 9.17) is 16.3 Å². The van der Waals surface area contributed by atoms with Gasteiger partial charge in [-0.2, -0.15) is 0 Å². The molecule has 1 aliphatic rings. The average molecular weight is 344 g/mol. The fourth-order valence-corrected chi connectivity index (χ4v) is 2.95. The zero-order valence-electron chi connectivity index (χ0n) is 13.2. The lowest BCUT2D eigenvalue weighted by molar-refractivity contribution is -0.134. The lowest BCUT2D eigenvalue weighted by atomic mass is 10.1. The second-order valence-electron chi connectivity index (χ2n) is 5.75. The zero-order valence-corrected chi connectivity index (χ0v) is 14.0. The van der Waals surface area contributed by atoms with Gasteiger partial charge in [0.15, 0.2) is 0 Å². The summed E-state index contributed by atoms with van der Waals surface area (Å²) < 4.78 is 5.34. The van der Waals surface area contributed by atoms with Gasteiger partial charge in [-0.05, 0) is 54.8 Å². The molecule has 4 nitrogen and oxygen atoms in total. The van der Waals surface area contributed by atoms with Crippen LogP contribution in [0.15, 0.2) is 48.5 Å². The van der Waals surface area contributed by atoms with E-state index in [1.54, 1.807) is 23.1 Å². The molecule has 24 heavy (non-hydrogen) atoms. The Labute approximate surface area is 146 Å². The van der Waals surface area contributed by atoms with Crippen molar-refractivity contribution in [2.75, 3.05) is 11.4 Å². The summed E-state index contributed by atoms with van der Waals surface area (Å²) in [4.78, 5) is 25.4. The molecule has 1 amide bonds. The number of carbonyl (C=O) groups excluding carboxylic acids is 2. The van der Waals surface area contributed by atoms with Crippen molar-refractivity contribution in [2.24, 2.45) is 0 Å². The SMILES string of the molecule is O=C(CCc1cccc(Cl)c1)Oc1ccc(N2CCCC2=O)cc1. The van der Waals surface area contributed by atoms with E-state index < -0.39 is 0 Å². The Kier molecular flexibility index (Phi) is 5.16. The maximum atomic E-state index is 11.9. The number of benzene rings is 2. The van der Waals surface area contributed by atoms with Gasteiger partial charge in [0.1, 0.15) is 5.75 Å². The Bertz CT molecular complexity index is 743. The van der Waals surface area contributed by atoms with E-state index in [2.05, 4.69) is 0 Å². The first kappa shape index (κ1) is 16.5. The van der Waals surface area contributed by atoms with Gasteiger partial charge >= 0.3 is 5.97 Å². The van der Waals surface area contributed by atoms with E-state index >= 15 is 0 Å². The molecule has 1 fully saturated rings. The van der Waals surface area contributed by atoms with Crippen LogP contribution in [0.3, 0.4) is 0 Å². The number of hydrogen-bond donors (Lipinski definition) is 0. The molecule has 1 aliphatic heterocycles. The molecule has 124 valence electrons. The topological polar surface area (TPSA) is 46.6 Å². The van der Waals surface area contributed by atoms with Crippen molar-refractivity contribution in [1.29, 1.82) is 0 Å². The number of hydrogen-bond acceptors (Lipinski definition) is 3. The van der Waals surface area contributed by atoms with Crippen molar-refractivity contribution in [1.82, 2.24) is 0 Å². The third-order valence-corrected chi connectivity index (χ3v) is 4.20. The van der Waals surface area contributed by atoms with Crippen LogP contribution in [0.4, 0.5) is 5.69 Å². The molecule has 0 N–H and O–H groups in total. The summed E-state index contributed by atoms with van der Waals surface area (Å²) in [5, 5.41) is 0.660. The fourth-order valence-electron chi connectivity index (χ4n) is 2.74. The number of esters is 1. The number of ether oxygens (including phenoxy) is 1. The first-order valence-electron chi connectivity index (χ1n) is 7.97. The fraction of sp³-hybridized carbons (Fsp3) is 0.263. The maximum Gasteiger partial charge on any atom is 0.311 e. The molecule has 0 radical (unpaired) electrons. The maximum absolute atomic E-state index is 11.9. The molecule has 3 rings (SSSR count). The number of anilines is 1. The van der Waals surface area contributed by atoms with E-state index in [1.807, 2.05) is 30.3 Å². The van der Waals surface area contributed by atoms with E-state index in [-0.39, 0.29) is 18.3 Å². The Morgan fingerprint density at radius 3 is 2.62 bits per heavy atom. The van der Waals surface area contributed by atoms with Crippen molar-refractivity contribution >= 4 is 29.2 Å². The monoisotopic (exact) mass is 343 g/mol. The Morgan fingerprint density at radius 2 is 1.96 bits per heavy atom. The molecule has 0 atom stereocenters. The molecule has 2 aromatic rings. The van der Waals surface area contributed by atoms with Crippen LogP contribution in [-0.4, -0.2) is 18.4 Å². The predicted octanol–water partition coefficient (Wildman–Crippen LogP) is 4.01. The number of carbonyl (C=O) groups is 2. The number of nitrogens with zero attached hydrogens (tertiary/aromatic N) is 1. The van der Waals surface area contributed by atoms with Crippen LogP contribution in [0.2, 0.25) is 5.02 Å².